The van der Waals surface area contributed by atoms with Crippen LogP contribution in [0.25, 0.3) is 10.9 Å². The molecule has 27 heavy (non-hydrogen) atoms. The number of rotatable bonds is 5. The third kappa shape index (κ3) is 4.17. The molecule has 1 N–H and O–H groups in total. The number of nitrogens with zero attached hydrogens (tertiary/aromatic N) is 3. The second-order valence-electron chi connectivity index (χ2n) is 7.18. The van der Waals surface area contributed by atoms with Gasteiger partial charge in [-0.15, -0.1) is 11.3 Å². The lowest BCUT2D eigenvalue weighted by atomic mass is 9.90. The van der Waals surface area contributed by atoms with Crippen LogP contribution in [0, 0.1) is 5.92 Å². The molecule has 3 heterocycles. The first kappa shape index (κ1) is 18.1. The maximum atomic E-state index is 11.8. The van der Waals surface area contributed by atoms with Gasteiger partial charge in [0.1, 0.15) is 5.01 Å². The van der Waals surface area contributed by atoms with Crippen LogP contribution in [0.2, 0.25) is 0 Å². The quantitative estimate of drug-likeness (QED) is 0.732. The van der Waals surface area contributed by atoms with E-state index in [-0.39, 0.29) is 11.9 Å². The smallest absolute Gasteiger partial charge is 0.217 e. The lowest BCUT2D eigenvalue weighted by molar-refractivity contribution is -0.120. The van der Waals surface area contributed by atoms with E-state index in [1.54, 1.807) is 18.3 Å². The van der Waals surface area contributed by atoms with E-state index in [2.05, 4.69) is 44.5 Å². The normalized spacial score (nSPS) is 19.1. The largest absolute Gasteiger partial charge is 0.347 e. The van der Waals surface area contributed by atoms with Gasteiger partial charge in [-0.25, -0.2) is 4.98 Å². The van der Waals surface area contributed by atoms with E-state index < -0.39 is 0 Å². The van der Waals surface area contributed by atoms with Crippen LogP contribution < -0.4 is 5.32 Å². The number of likely N-dealkylation sites (tertiary alicyclic amines) is 1. The average Bonchev–Trinajstić information content (AvgIpc) is 3.21. The second-order valence-corrected chi connectivity index (χ2v) is 8.10. The first-order valence-electron chi connectivity index (χ1n) is 9.42. The van der Waals surface area contributed by atoms with Crippen molar-refractivity contribution in [2.75, 3.05) is 13.1 Å². The van der Waals surface area contributed by atoms with Gasteiger partial charge in [0, 0.05) is 43.2 Å². The summed E-state index contributed by atoms with van der Waals surface area (Å²) in [7, 11) is 0. The summed E-state index contributed by atoms with van der Waals surface area (Å²) < 4.78 is 0. The minimum Gasteiger partial charge on any atom is -0.347 e. The lowest BCUT2D eigenvalue weighted by Gasteiger charge is -2.36. The first-order valence-corrected chi connectivity index (χ1v) is 10.3. The maximum absolute atomic E-state index is 11.8. The standard InChI is InChI=1S/C21H24N4OS/c1-15(26)24-20(21-23-10-12-27-21)18-8-4-11-25(14-18)13-17-6-2-5-16-7-3-9-22-19(16)17/h2-3,5-7,9-10,12,18,20H,4,8,11,13-14H2,1H3,(H,24,26). The molecule has 5 nitrogen and oxygen atoms in total. The summed E-state index contributed by atoms with van der Waals surface area (Å²) in [5, 5.41) is 7.30. The maximum Gasteiger partial charge on any atom is 0.217 e. The fourth-order valence-corrected chi connectivity index (χ4v) is 4.81. The van der Waals surface area contributed by atoms with Crippen LogP contribution in [-0.4, -0.2) is 33.9 Å². The first-order chi connectivity index (χ1) is 13.2. The van der Waals surface area contributed by atoms with Gasteiger partial charge in [-0.3, -0.25) is 14.7 Å². The number of carbonyl (C=O) groups is 1. The highest BCUT2D eigenvalue weighted by atomic mass is 32.1. The van der Waals surface area contributed by atoms with E-state index in [1.807, 2.05) is 23.8 Å². The van der Waals surface area contributed by atoms with Gasteiger partial charge in [-0.1, -0.05) is 24.3 Å². The summed E-state index contributed by atoms with van der Waals surface area (Å²) >= 11 is 1.62. The van der Waals surface area contributed by atoms with Crippen molar-refractivity contribution >= 4 is 28.1 Å². The molecule has 1 fully saturated rings. The van der Waals surface area contributed by atoms with Crippen LogP contribution in [0.1, 0.15) is 36.4 Å². The van der Waals surface area contributed by atoms with Gasteiger partial charge in [0.05, 0.1) is 11.6 Å². The van der Waals surface area contributed by atoms with E-state index in [0.29, 0.717) is 5.92 Å². The number of hydrogen-bond acceptors (Lipinski definition) is 5. The number of para-hydroxylation sites is 1. The van der Waals surface area contributed by atoms with Gasteiger partial charge >= 0.3 is 0 Å². The summed E-state index contributed by atoms with van der Waals surface area (Å²) in [6, 6.07) is 10.5. The molecule has 6 heteroatoms. The zero-order chi connectivity index (χ0) is 18.6. The second kappa shape index (κ2) is 8.15. The number of hydrogen-bond donors (Lipinski definition) is 1. The van der Waals surface area contributed by atoms with E-state index in [9.17, 15) is 4.79 Å². The fraction of sp³-hybridized carbons (Fsp3) is 0.381. The minimum absolute atomic E-state index is 0.00376. The highest BCUT2D eigenvalue weighted by Gasteiger charge is 2.30. The average molecular weight is 381 g/mol. The fourth-order valence-electron chi connectivity index (χ4n) is 4.03. The van der Waals surface area contributed by atoms with Crippen molar-refractivity contribution < 1.29 is 4.79 Å². The lowest BCUT2D eigenvalue weighted by Crippen LogP contribution is -2.42. The van der Waals surface area contributed by atoms with Crippen LogP contribution in [-0.2, 0) is 11.3 Å². The predicted molar refractivity (Wildman–Crippen MR) is 108 cm³/mol. The number of aromatic nitrogens is 2. The molecule has 2 unspecified atom stereocenters. The molecule has 2 aromatic heterocycles. The highest BCUT2D eigenvalue weighted by Crippen LogP contribution is 2.32. The Morgan fingerprint density at radius 2 is 2.19 bits per heavy atom. The molecule has 0 saturated carbocycles. The summed E-state index contributed by atoms with van der Waals surface area (Å²) in [4.78, 5) is 23.3. The molecule has 1 aromatic carbocycles. The molecule has 3 aromatic rings. The molecule has 2 atom stereocenters. The molecule has 1 aliphatic rings. The Morgan fingerprint density at radius 1 is 1.30 bits per heavy atom. The summed E-state index contributed by atoms with van der Waals surface area (Å²) in [6.07, 6.45) is 5.91. The Bertz CT molecular complexity index is 906. The molecule has 0 radical (unpaired) electrons. The number of carbonyl (C=O) groups excluding carboxylic acids is 1. The van der Waals surface area contributed by atoms with Crippen LogP contribution in [0.15, 0.2) is 48.1 Å². The van der Waals surface area contributed by atoms with E-state index >= 15 is 0 Å². The van der Waals surface area contributed by atoms with Crippen molar-refractivity contribution in [2.24, 2.45) is 5.92 Å². The Morgan fingerprint density at radius 3 is 3.00 bits per heavy atom. The minimum atomic E-state index is -0.00376. The Balaban J connectivity index is 1.52. The molecule has 0 aliphatic carbocycles. The van der Waals surface area contributed by atoms with Crippen LogP contribution in [0.4, 0.5) is 0 Å². The van der Waals surface area contributed by atoms with Crippen molar-refractivity contribution in [3.8, 4) is 0 Å². The number of amides is 1. The van der Waals surface area contributed by atoms with Gasteiger partial charge in [-0.05, 0) is 36.9 Å². The van der Waals surface area contributed by atoms with Crippen LogP contribution in [0.5, 0.6) is 0 Å². The monoisotopic (exact) mass is 380 g/mol. The van der Waals surface area contributed by atoms with E-state index in [0.717, 1.165) is 43.0 Å². The third-order valence-corrected chi connectivity index (χ3v) is 6.06. The number of benzene rings is 1. The summed E-state index contributed by atoms with van der Waals surface area (Å²) in [6.45, 7) is 4.50. The number of thiazole rings is 1. The van der Waals surface area contributed by atoms with Crippen LogP contribution in [0.3, 0.4) is 0 Å². The Kier molecular flexibility index (Phi) is 5.45. The van der Waals surface area contributed by atoms with E-state index in [1.165, 1.54) is 10.9 Å². The van der Waals surface area contributed by atoms with E-state index in [4.69, 9.17) is 0 Å². The number of fused-ring (bicyclic) bond motifs is 1. The molecular formula is C21H24N4OS. The van der Waals surface area contributed by atoms with Crippen molar-refractivity contribution in [1.82, 2.24) is 20.2 Å². The molecule has 1 saturated heterocycles. The van der Waals surface area contributed by atoms with Gasteiger partial charge in [0.2, 0.25) is 5.91 Å². The summed E-state index contributed by atoms with van der Waals surface area (Å²) in [5.74, 6) is 0.377. The van der Waals surface area contributed by atoms with Gasteiger partial charge in [0.25, 0.3) is 0 Å². The predicted octanol–water partition coefficient (Wildman–Crippen LogP) is 3.78. The zero-order valence-electron chi connectivity index (χ0n) is 15.5. The van der Waals surface area contributed by atoms with Crippen molar-refractivity contribution in [1.29, 1.82) is 0 Å². The van der Waals surface area contributed by atoms with Gasteiger partial charge in [-0.2, -0.15) is 0 Å². The molecule has 4 rings (SSSR count). The molecule has 1 aliphatic heterocycles. The Hall–Kier alpha value is -2.31. The molecular weight excluding hydrogens is 356 g/mol. The van der Waals surface area contributed by atoms with Crippen molar-refractivity contribution in [3.05, 3.63) is 58.7 Å². The molecule has 0 bridgehead atoms. The third-order valence-electron chi connectivity index (χ3n) is 5.20. The summed E-state index contributed by atoms with van der Waals surface area (Å²) in [5.41, 5.74) is 2.35. The topological polar surface area (TPSA) is 58.1 Å². The van der Waals surface area contributed by atoms with Gasteiger partial charge in [0.15, 0.2) is 0 Å². The molecule has 1 amide bonds. The van der Waals surface area contributed by atoms with Gasteiger partial charge < -0.3 is 5.32 Å². The number of pyridine rings is 1. The Labute approximate surface area is 163 Å². The molecule has 0 spiro atoms. The number of piperidine rings is 1. The van der Waals surface area contributed by atoms with Crippen LogP contribution >= 0.6 is 11.3 Å². The highest BCUT2D eigenvalue weighted by molar-refractivity contribution is 7.09. The SMILES string of the molecule is CC(=O)NC(c1nccs1)C1CCCN(Cc2cccc3cccnc23)C1. The number of nitrogens with one attached hydrogen (secondary N) is 1. The van der Waals surface area contributed by atoms with Crippen molar-refractivity contribution in [3.63, 3.8) is 0 Å². The zero-order valence-corrected chi connectivity index (χ0v) is 16.3. The van der Waals surface area contributed by atoms with Crippen molar-refractivity contribution in [2.45, 2.75) is 32.4 Å². The molecule has 140 valence electrons.